The number of nitrogens with one attached hydrogen (secondary N) is 1. The van der Waals surface area contributed by atoms with Crippen molar-refractivity contribution in [1.82, 2.24) is 5.32 Å². The molecule has 4 atom stereocenters. The van der Waals surface area contributed by atoms with E-state index in [-0.39, 0.29) is 0 Å². The van der Waals surface area contributed by atoms with Gasteiger partial charge < -0.3 is 5.32 Å². The molecule has 2 aliphatic rings. The first kappa shape index (κ1) is 10.5. The molecule has 1 nitrogen and oxygen atoms in total. The summed E-state index contributed by atoms with van der Waals surface area (Å²) < 4.78 is 0. The summed E-state index contributed by atoms with van der Waals surface area (Å²) in [6.45, 7) is 4.82. The minimum Gasteiger partial charge on any atom is -0.311 e. The average Bonchev–Trinajstić information content (AvgIpc) is 2.56. The molecule has 0 aromatic heterocycles. The van der Waals surface area contributed by atoms with E-state index in [1.807, 2.05) is 0 Å². The van der Waals surface area contributed by atoms with Gasteiger partial charge in [0.1, 0.15) is 0 Å². The van der Waals surface area contributed by atoms with Crippen molar-refractivity contribution in [1.29, 1.82) is 0 Å². The Morgan fingerprint density at radius 2 is 1.71 bits per heavy atom. The zero-order valence-electron chi connectivity index (χ0n) is 9.76. The van der Waals surface area contributed by atoms with Crippen LogP contribution < -0.4 is 5.32 Å². The fourth-order valence-electron chi connectivity index (χ4n) is 3.23. The molecule has 0 spiro atoms. The third-order valence-corrected chi connectivity index (χ3v) is 4.26. The van der Waals surface area contributed by atoms with Gasteiger partial charge in [-0.15, -0.1) is 0 Å². The van der Waals surface area contributed by atoms with Crippen molar-refractivity contribution in [2.75, 3.05) is 0 Å². The van der Waals surface area contributed by atoms with Gasteiger partial charge in [-0.25, -0.2) is 0 Å². The summed E-state index contributed by atoms with van der Waals surface area (Å²) in [6.07, 6.45) is 10.1. The van der Waals surface area contributed by atoms with Gasteiger partial charge in [-0.3, -0.25) is 0 Å². The second-order valence-corrected chi connectivity index (χ2v) is 5.65. The van der Waals surface area contributed by atoms with Crippen molar-refractivity contribution in [3.63, 3.8) is 0 Å². The molecule has 0 amide bonds. The standard InChI is InChI=1S/C13H25N/c1-10-7-8-12(9-10)14-13-6-4-3-5-11(13)2/h10-14H,3-9H2,1-2H3/t10-,11-,12+,13+/m1/s1. The molecule has 0 saturated heterocycles. The second kappa shape index (κ2) is 4.65. The van der Waals surface area contributed by atoms with Gasteiger partial charge in [-0.2, -0.15) is 0 Å². The van der Waals surface area contributed by atoms with Crippen LogP contribution in [0.25, 0.3) is 0 Å². The molecule has 2 saturated carbocycles. The highest BCUT2D eigenvalue weighted by atomic mass is 15.0. The van der Waals surface area contributed by atoms with Gasteiger partial charge in [0, 0.05) is 12.1 Å². The molecular formula is C13H25N. The normalized spacial score (nSPS) is 44.1. The van der Waals surface area contributed by atoms with Crippen molar-refractivity contribution in [2.24, 2.45) is 11.8 Å². The van der Waals surface area contributed by atoms with Gasteiger partial charge in [0.2, 0.25) is 0 Å². The van der Waals surface area contributed by atoms with Crippen LogP contribution in [-0.2, 0) is 0 Å². The predicted octanol–water partition coefficient (Wildman–Crippen LogP) is 3.34. The molecule has 0 bridgehead atoms. The first-order valence-corrected chi connectivity index (χ1v) is 6.51. The zero-order chi connectivity index (χ0) is 9.97. The van der Waals surface area contributed by atoms with Crippen molar-refractivity contribution in [2.45, 2.75) is 70.9 Å². The fourth-order valence-corrected chi connectivity index (χ4v) is 3.23. The summed E-state index contributed by atoms with van der Waals surface area (Å²) in [7, 11) is 0. The summed E-state index contributed by atoms with van der Waals surface area (Å²) >= 11 is 0. The van der Waals surface area contributed by atoms with Crippen LogP contribution in [-0.4, -0.2) is 12.1 Å². The van der Waals surface area contributed by atoms with E-state index in [0.29, 0.717) is 0 Å². The number of hydrogen-bond acceptors (Lipinski definition) is 1. The fraction of sp³-hybridized carbons (Fsp3) is 1.00. The first-order chi connectivity index (χ1) is 6.75. The Morgan fingerprint density at radius 1 is 0.929 bits per heavy atom. The Morgan fingerprint density at radius 3 is 2.36 bits per heavy atom. The zero-order valence-corrected chi connectivity index (χ0v) is 9.76. The van der Waals surface area contributed by atoms with E-state index < -0.39 is 0 Å². The van der Waals surface area contributed by atoms with Gasteiger partial charge in [0.05, 0.1) is 0 Å². The van der Waals surface area contributed by atoms with Crippen molar-refractivity contribution < 1.29 is 0 Å². The lowest BCUT2D eigenvalue weighted by Crippen LogP contribution is -2.42. The summed E-state index contributed by atoms with van der Waals surface area (Å²) in [5, 5.41) is 3.90. The molecule has 2 fully saturated rings. The Hall–Kier alpha value is -0.0400. The van der Waals surface area contributed by atoms with Crippen LogP contribution >= 0.6 is 0 Å². The van der Waals surface area contributed by atoms with Crippen LogP contribution in [0.4, 0.5) is 0 Å². The molecule has 0 unspecified atom stereocenters. The van der Waals surface area contributed by atoms with E-state index in [2.05, 4.69) is 19.2 Å². The molecule has 0 aromatic carbocycles. The summed E-state index contributed by atoms with van der Waals surface area (Å²) in [4.78, 5) is 0. The van der Waals surface area contributed by atoms with Crippen molar-refractivity contribution >= 4 is 0 Å². The molecule has 82 valence electrons. The molecule has 2 aliphatic carbocycles. The van der Waals surface area contributed by atoms with Crippen LogP contribution in [0.2, 0.25) is 0 Å². The summed E-state index contributed by atoms with van der Waals surface area (Å²) in [5.74, 6) is 1.88. The number of rotatable bonds is 2. The smallest absolute Gasteiger partial charge is 0.00952 e. The van der Waals surface area contributed by atoms with Gasteiger partial charge >= 0.3 is 0 Å². The summed E-state index contributed by atoms with van der Waals surface area (Å²) in [6, 6.07) is 1.68. The highest BCUT2D eigenvalue weighted by Gasteiger charge is 2.27. The topological polar surface area (TPSA) is 12.0 Å². The SMILES string of the molecule is C[C@@H]1CC[C@H](N[C@H]2CCCC[C@H]2C)C1. The van der Waals surface area contributed by atoms with Crippen LogP contribution in [0.1, 0.15) is 58.8 Å². The Bertz CT molecular complexity index is 178. The third kappa shape index (κ3) is 2.50. The lowest BCUT2D eigenvalue weighted by Gasteiger charge is -2.32. The van der Waals surface area contributed by atoms with Crippen molar-refractivity contribution in [3.8, 4) is 0 Å². The van der Waals surface area contributed by atoms with Crippen LogP contribution in [0, 0.1) is 11.8 Å². The lowest BCUT2D eigenvalue weighted by molar-refractivity contribution is 0.257. The number of hydrogen-bond donors (Lipinski definition) is 1. The van der Waals surface area contributed by atoms with E-state index in [4.69, 9.17) is 0 Å². The highest BCUT2D eigenvalue weighted by molar-refractivity contribution is 4.85. The van der Waals surface area contributed by atoms with Gasteiger partial charge in [0.15, 0.2) is 0 Å². The molecule has 2 rings (SSSR count). The molecule has 1 heteroatoms. The van der Waals surface area contributed by atoms with Crippen LogP contribution in [0.15, 0.2) is 0 Å². The predicted molar refractivity (Wildman–Crippen MR) is 61.4 cm³/mol. The largest absolute Gasteiger partial charge is 0.311 e. The maximum absolute atomic E-state index is 3.90. The van der Waals surface area contributed by atoms with Gasteiger partial charge in [-0.05, 0) is 43.9 Å². The van der Waals surface area contributed by atoms with Crippen LogP contribution in [0.5, 0.6) is 0 Å². The van der Waals surface area contributed by atoms with E-state index in [1.165, 1.54) is 44.9 Å². The van der Waals surface area contributed by atoms with Gasteiger partial charge in [0.25, 0.3) is 0 Å². The maximum atomic E-state index is 3.90. The molecular weight excluding hydrogens is 170 g/mol. The quantitative estimate of drug-likeness (QED) is 0.712. The van der Waals surface area contributed by atoms with Crippen molar-refractivity contribution in [3.05, 3.63) is 0 Å². The molecule has 0 aromatic rings. The molecule has 1 N–H and O–H groups in total. The van der Waals surface area contributed by atoms with E-state index in [9.17, 15) is 0 Å². The summed E-state index contributed by atoms with van der Waals surface area (Å²) in [5.41, 5.74) is 0. The average molecular weight is 195 g/mol. The second-order valence-electron chi connectivity index (χ2n) is 5.65. The monoisotopic (exact) mass is 195 g/mol. The Balaban J connectivity index is 1.78. The molecule has 14 heavy (non-hydrogen) atoms. The Kier molecular flexibility index (Phi) is 3.48. The minimum atomic E-state index is 0.832. The van der Waals surface area contributed by atoms with Gasteiger partial charge in [-0.1, -0.05) is 26.7 Å². The minimum absolute atomic E-state index is 0.832. The van der Waals surface area contributed by atoms with E-state index >= 15 is 0 Å². The van der Waals surface area contributed by atoms with Crippen LogP contribution in [0.3, 0.4) is 0 Å². The maximum Gasteiger partial charge on any atom is 0.00952 e. The molecule has 0 aliphatic heterocycles. The first-order valence-electron chi connectivity index (χ1n) is 6.51. The molecule has 0 radical (unpaired) electrons. The Labute approximate surface area is 88.7 Å². The van der Waals surface area contributed by atoms with E-state index in [1.54, 1.807) is 0 Å². The highest BCUT2D eigenvalue weighted by Crippen LogP contribution is 2.29. The lowest BCUT2D eigenvalue weighted by atomic mass is 9.85. The molecule has 0 heterocycles. The van der Waals surface area contributed by atoms with E-state index in [0.717, 1.165) is 23.9 Å². The third-order valence-electron chi connectivity index (χ3n) is 4.26.